The maximum absolute atomic E-state index is 13.6. The first kappa shape index (κ1) is 29.0. The number of aryl methyl sites for hydroxylation is 1. The first-order chi connectivity index (χ1) is 19.4. The van der Waals surface area contributed by atoms with E-state index >= 15 is 0 Å². The molecule has 1 saturated carbocycles. The fourth-order valence-electron chi connectivity index (χ4n) is 4.81. The Bertz CT molecular complexity index is 1450. The lowest BCUT2D eigenvalue weighted by molar-refractivity contribution is -0.137. The molecule has 1 aromatic heterocycles. The minimum Gasteiger partial charge on any atom is -0.481 e. The van der Waals surface area contributed by atoms with Gasteiger partial charge in [-0.1, -0.05) is 44.0 Å². The summed E-state index contributed by atoms with van der Waals surface area (Å²) in [4.78, 5) is 22.6. The van der Waals surface area contributed by atoms with E-state index < -0.39 is 11.7 Å². The molecule has 0 unspecified atom stereocenters. The molecule has 210 valence electrons. The zero-order chi connectivity index (χ0) is 28.5. The molecule has 0 spiro atoms. The summed E-state index contributed by atoms with van der Waals surface area (Å²) >= 11 is 0. The molecule has 1 N–H and O–H groups in total. The molecule has 4 aromatic rings. The highest BCUT2D eigenvalue weighted by Crippen LogP contribution is 2.36. The summed E-state index contributed by atoms with van der Waals surface area (Å²) < 4.78 is 34.2. The maximum atomic E-state index is 13.6. The largest absolute Gasteiger partial charge is 0.481 e. The highest BCUT2D eigenvalue weighted by atomic mass is 19.1. The van der Waals surface area contributed by atoms with Crippen LogP contribution in [-0.2, 0) is 17.8 Å². The van der Waals surface area contributed by atoms with Crippen molar-refractivity contribution in [2.75, 3.05) is 0 Å². The van der Waals surface area contributed by atoms with E-state index in [-0.39, 0.29) is 11.6 Å². The molecule has 5 nitrogen and oxygen atoms in total. The van der Waals surface area contributed by atoms with Crippen LogP contribution in [0, 0.1) is 11.6 Å². The minimum atomic E-state index is -0.693. The van der Waals surface area contributed by atoms with Gasteiger partial charge < -0.3 is 9.52 Å². The lowest BCUT2D eigenvalue weighted by atomic mass is 9.79. The lowest BCUT2D eigenvalue weighted by Gasteiger charge is -2.26. The minimum absolute atomic E-state index is 0.316. The van der Waals surface area contributed by atoms with E-state index in [1.54, 1.807) is 28.8 Å². The molecule has 0 aliphatic heterocycles. The Morgan fingerprint density at radius 3 is 2.15 bits per heavy atom. The van der Waals surface area contributed by atoms with Gasteiger partial charge in [-0.2, -0.15) is 0 Å². The van der Waals surface area contributed by atoms with E-state index in [2.05, 4.69) is 24.3 Å². The number of aliphatic carboxylic acids is 1. The third kappa shape index (κ3) is 7.56. The second-order valence-electron chi connectivity index (χ2n) is 10.2. The average molecular weight is 548 g/mol. The number of aromatic nitrogens is 1. The molecule has 1 heterocycles. The highest BCUT2D eigenvalue weighted by Gasteiger charge is 2.21. The summed E-state index contributed by atoms with van der Waals surface area (Å²) in [6, 6.07) is 20.5. The molecule has 1 aliphatic rings. The molecule has 0 atom stereocenters. The SMILES string of the molecule is CCCCC(=O)O.O=c1oc(-c2ccc(F)cc2)c(-c2ccc(F)cc2)n1CCCc1cccc(C2CCC2)c1. The second-order valence-corrected chi connectivity index (χ2v) is 10.2. The lowest BCUT2D eigenvalue weighted by Crippen LogP contribution is -2.16. The van der Waals surface area contributed by atoms with E-state index in [0.717, 1.165) is 25.7 Å². The zero-order valence-corrected chi connectivity index (χ0v) is 22.7. The van der Waals surface area contributed by atoms with Gasteiger partial charge in [0, 0.05) is 24.1 Å². The Balaban J connectivity index is 0.000000470. The second kappa shape index (κ2) is 13.9. The molecule has 1 fully saturated rings. The first-order valence-corrected chi connectivity index (χ1v) is 13.9. The van der Waals surface area contributed by atoms with Gasteiger partial charge in [0.25, 0.3) is 0 Å². The van der Waals surface area contributed by atoms with Crippen molar-refractivity contribution in [3.8, 4) is 22.6 Å². The first-order valence-electron chi connectivity index (χ1n) is 13.9. The number of benzene rings is 3. The third-order valence-corrected chi connectivity index (χ3v) is 7.24. The predicted octanol–water partition coefficient (Wildman–Crippen LogP) is 8.22. The fraction of sp³-hybridized carbons (Fsp3) is 0.333. The number of hydrogen-bond acceptors (Lipinski definition) is 3. The molecule has 5 rings (SSSR count). The van der Waals surface area contributed by atoms with Gasteiger partial charge >= 0.3 is 11.7 Å². The molecule has 40 heavy (non-hydrogen) atoms. The highest BCUT2D eigenvalue weighted by molar-refractivity contribution is 5.77. The van der Waals surface area contributed by atoms with Crippen molar-refractivity contribution in [3.63, 3.8) is 0 Å². The van der Waals surface area contributed by atoms with E-state index in [4.69, 9.17) is 9.52 Å². The van der Waals surface area contributed by atoms with Gasteiger partial charge in [0.2, 0.25) is 0 Å². The number of hydrogen-bond donors (Lipinski definition) is 1. The van der Waals surface area contributed by atoms with Crippen molar-refractivity contribution < 1.29 is 23.1 Å². The Morgan fingerprint density at radius 2 is 1.60 bits per heavy atom. The van der Waals surface area contributed by atoms with Crippen molar-refractivity contribution in [2.24, 2.45) is 0 Å². The van der Waals surface area contributed by atoms with Crippen LogP contribution in [-0.4, -0.2) is 15.6 Å². The summed E-state index contributed by atoms with van der Waals surface area (Å²) in [5.74, 6) is -0.846. The van der Waals surface area contributed by atoms with Crippen LogP contribution in [0.25, 0.3) is 22.6 Å². The van der Waals surface area contributed by atoms with Crippen LogP contribution in [0.2, 0.25) is 0 Å². The van der Waals surface area contributed by atoms with Crippen molar-refractivity contribution >= 4 is 5.97 Å². The Kier molecular flexibility index (Phi) is 10.1. The number of halogens is 2. The number of carbonyl (C=O) groups is 1. The van der Waals surface area contributed by atoms with Crippen molar-refractivity contribution in [2.45, 2.75) is 70.8 Å². The van der Waals surface area contributed by atoms with Crippen molar-refractivity contribution in [3.05, 3.63) is 106 Å². The van der Waals surface area contributed by atoms with Gasteiger partial charge in [-0.25, -0.2) is 13.6 Å². The fourth-order valence-corrected chi connectivity index (χ4v) is 4.81. The number of oxazole rings is 1. The van der Waals surface area contributed by atoms with Crippen LogP contribution in [0.5, 0.6) is 0 Å². The number of unbranched alkanes of at least 4 members (excludes halogenated alkanes) is 1. The van der Waals surface area contributed by atoms with Crippen molar-refractivity contribution in [1.82, 2.24) is 4.57 Å². The van der Waals surface area contributed by atoms with Crippen LogP contribution < -0.4 is 5.76 Å². The van der Waals surface area contributed by atoms with E-state index in [0.29, 0.717) is 41.5 Å². The van der Waals surface area contributed by atoms with Crippen LogP contribution >= 0.6 is 0 Å². The summed E-state index contributed by atoms with van der Waals surface area (Å²) in [6.07, 6.45) is 7.51. The third-order valence-electron chi connectivity index (χ3n) is 7.24. The molecule has 3 aromatic carbocycles. The van der Waals surface area contributed by atoms with Crippen molar-refractivity contribution in [1.29, 1.82) is 0 Å². The van der Waals surface area contributed by atoms with Crippen LogP contribution in [0.15, 0.2) is 82.0 Å². The van der Waals surface area contributed by atoms with Gasteiger partial charge in [0.15, 0.2) is 5.76 Å². The summed E-state index contributed by atoms with van der Waals surface area (Å²) in [7, 11) is 0. The zero-order valence-electron chi connectivity index (χ0n) is 22.7. The predicted molar refractivity (Wildman–Crippen MR) is 152 cm³/mol. The van der Waals surface area contributed by atoms with Gasteiger partial charge in [-0.05, 0) is 97.7 Å². The number of carboxylic acid groups (broad SMARTS) is 1. The standard InChI is InChI=1S/C28H25F2NO2.C5H10O2/c29-24-13-9-21(10-14-24)26-27(22-11-15-25(30)16-12-22)33-28(32)31(26)17-3-5-19-4-1-8-23(18-19)20-6-2-7-20;1-2-3-4-5(6)7/h1,4,8-16,18,20H,2-3,5-7,17H2;2-4H2,1H3,(H,6,7). The quantitative estimate of drug-likeness (QED) is 0.217. The molecule has 0 bridgehead atoms. The van der Waals surface area contributed by atoms with E-state index in [1.165, 1.54) is 54.7 Å². The van der Waals surface area contributed by atoms with Gasteiger partial charge in [0.05, 0.1) is 5.69 Å². The average Bonchev–Trinajstić information content (AvgIpc) is 3.24. The Labute approximate surface area is 233 Å². The normalized spacial score (nSPS) is 12.9. The van der Waals surface area contributed by atoms with Crippen LogP contribution in [0.4, 0.5) is 8.78 Å². The molecule has 0 amide bonds. The Morgan fingerprint density at radius 1 is 0.950 bits per heavy atom. The molecular formula is C33H35F2NO4. The number of rotatable bonds is 10. The molecule has 7 heteroatoms. The summed E-state index contributed by atoms with van der Waals surface area (Å²) in [5, 5.41) is 8.04. The molecule has 1 aliphatic carbocycles. The molecule has 0 radical (unpaired) electrons. The number of nitrogens with zero attached hydrogens (tertiary/aromatic N) is 1. The Hall–Kier alpha value is -4.00. The molecule has 0 saturated heterocycles. The van der Waals surface area contributed by atoms with Crippen LogP contribution in [0.1, 0.15) is 68.9 Å². The number of carboxylic acids is 1. The maximum Gasteiger partial charge on any atom is 0.419 e. The summed E-state index contributed by atoms with van der Waals surface area (Å²) in [6.45, 7) is 2.44. The van der Waals surface area contributed by atoms with Gasteiger partial charge in [-0.15, -0.1) is 0 Å². The van der Waals surface area contributed by atoms with Gasteiger partial charge in [-0.3, -0.25) is 9.36 Å². The monoisotopic (exact) mass is 547 g/mol. The smallest absolute Gasteiger partial charge is 0.419 e. The van der Waals surface area contributed by atoms with E-state index in [1.807, 2.05) is 6.92 Å². The van der Waals surface area contributed by atoms with Crippen LogP contribution in [0.3, 0.4) is 0 Å². The summed E-state index contributed by atoms with van der Waals surface area (Å²) in [5.41, 5.74) is 4.52. The van der Waals surface area contributed by atoms with E-state index in [9.17, 15) is 18.4 Å². The topological polar surface area (TPSA) is 72.4 Å². The van der Waals surface area contributed by atoms with Gasteiger partial charge in [0.1, 0.15) is 11.6 Å². The molecular weight excluding hydrogens is 512 g/mol.